The third-order valence-electron chi connectivity index (χ3n) is 6.23. The van der Waals surface area contributed by atoms with Crippen molar-refractivity contribution in [3.05, 3.63) is 34.6 Å². The Morgan fingerprint density at radius 2 is 1.96 bits per heavy atom. The number of hydrogen-bond donors (Lipinski definition) is 1. The molecule has 2 aliphatic rings. The summed E-state index contributed by atoms with van der Waals surface area (Å²) in [6.45, 7) is 11.3. The van der Waals surface area contributed by atoms with Crippen molar-refractivity contribution in [1.82, 2.24) is 10.5 Å². The quantitative estimate of drug-likeness (QED) is 0.459. The van der Waals surface area contributed by atoms with Crippen molar-refractivity contribution in [2.45, 2.75) is 71.6 Å². The number of aromatic nitrogens is 1. The molecule has 4 nitrogen and oxygen atoms in total. The lowest BCUT2D eigenvalue weighted by Crippen LogP contribution is -2.43. The Balaban J connectivity index is 1.66. The van der Waals surface area contributed by atoms with Gasteiger partial charge in [0.25, 0.3) is 5.91 Å². The number of thioether (sulfide) groups is 1. The summed E-state index contributed by atoms with van der Waals surface area (Å²) in [6, 6.07) is 0. The van der Waals surface area contributed by atoms with E-state index >= 15 is 0 Å². The van der Waals surface area contributed by atoms with Crippen molar-refractivity contribution < 1.29 is 9.32 Å². The summed E-state index contributed by atoms with van der Waals surface area (Å²) in [5, 5.41) is 7.21. The van der Waals surface area contributed by atoms with E-state index in [1.165, 1.54) is 43.9 Å². The predicted molar refractivity (Wildman–Crippen MR) is 115 cm³/mol. The molecule has 0 aromatic carbocycles. The molecule has 1 aromatic heterocycles. The van der Waals surface area contributed by atoms with E-state index in [0.717, 1.165) is 33.2 Å². The first kappa shape index (κ1) is 21.2. The van der Waals surface area contributed by atoms with Crippen LogP contribution >= 0.6 is 11.8 Å². The van der Waals surface area contributed by atoms with Gasteiger partial charge < -0.3 is 9.84 Å². The van der Waals surface area contributed by atoms with Gasteiger partial charge in [0, 0.05) is 11.4 Å². The minimum absolute atomic E-state index is 0.149. The fourth-order valence-corrected chi connectivity index (χ4v) is 6.29. The summed E-state index contributed by atoms with van der Waals surface area (Å²) >= 11 is 1.53. The Labute approximate surface area is 173 Å². The van der Waals surface area contributed by atoms with E-state index in [4.69, 9.17) is 4.52 Å². The number of carbonyl (C=O) groups excluding carboxylic acids is 1. The van der Waals surface area contributed by atoms with E-state index < -0.39 is 0 Å². The maximum atomic E-state index is 12.9. The van der Waals surface area contributed by atoms with Crippen LogP contribution in [0.4, 0.5) is 0 Å². The largest absolute Gasteiger partial charge is 0.350 e. The maximum Gasteiger partial charge on any atom is 0.291 e. The average molecular weight is 403 g/mol. The third-order valence-corrected chi connectivity index (χ3v) is 7.52. The first-order valence-corrected chi connectivity index (χ1v) is 11.4. The van der Waals surface area contributed by atoms with Crippen molar-refractivity contribution in [1.29, 1.82) is 0 Å². The highest BCUT2D eigenvalue weighted by Gasteiger charge is 2.41. The monoisotopic (exact) mass is 402 g/mol. The Morgan fingerprint density at radius 1 is 1.29 bits per heavy atom. The molecule has 0 aliphatic heterocycles. The Hall–Kier alpha value is -1.49. The standard InChI is InChI=1S/C23H34N2O2S/c1-6-8-19(7-2)28-21-16(4)25-27-20(21)22(26)24-14-23(5)12-17-9-15(3)10-18(11-17)13-23/h6-8,15,17-18H,9-14H2,1-5H3,(H,24,26)/b8-6-,19-7+. The molecule has 1 heterocycles. The number of allylic oxidation sites excluding steroid dienone is 3. The van der Waals surface area contributed by atoms with Crippen LogP contribution in [0.2, 0.25) is 0 Å². The molecule has 154 valence electrons. The number of carbonyl (C=O) groups is 1. The van der Waals surface area contributed by atoms with Crippen LogP contribution in [0.15, 0.2) is 32.6 Å². The van der Waals surface area contributed by atoms with Crippen LogP contribution in [0.5, 0.6) is 0 Å². The summed E-state index contributed by atoms with van der Waals surface area (Å²) in [6.07, 6.45) is 12.6. The fraction of sp³-hybridized carbons (Fsp3) is 0.652. The average Bonchev–Trinajstić information content (AvgIpc) is 2.98. The molecule has 2 aliphatic carbocycles. The summed E-state index contributed by atoms with van der Waals surface area (Å²) in [5.74, 6) is 2.68. The van der Waals surface area contributed by atoms with Gasteiger partial charge in [-0.25, -0.2) is 0 Å². The highest BCUT2D eigenvalue weighted by atomic mass is 32.2. The lowest BCUT2D eigenvalue weighted by atomic mass is 9.59. The smallest absolute Gasteiger partial charge is 0.291 e. The van der Waals surface area contributed by atoms with Crippen LogP contribution in [0.3, 0.4) is 0 Å². The molecule has 0 radical (unpaired) electrons. The number of amides is 1. The summed E-state index contributed by atoms with van der Waals surface area (Å²) in [5.41, 5.74) is 0.942. The number of hydrogen-bond acceptors (Lipinski definition) is 4. The summed E-state index contributed by atoms with van der Waals surface area (Å²) in [4.78, 5) is 14.8. The SMILES string of the molecule is C/C=C\C(=C/C)Sc1c(C)noc1C(=O)NCC1(C)CC2CC(C)CC(C2)C1. The van der Waals surface area contributed by atoms with Gasteiger partial charge in [-0.2, -0.15) is 0 Å². The van der Waals surface area contributed by atoms with Gasteiger partial charge in [0.2, 0.25) is 5.76 Å². The van der Waals surface area contributed by atoms with Gasteiger partial charge in [-0.15, -0.1) is 0 Å². The van der Waals surface area contributed by atoms with Crippen molar-refractivity contribution in [2.75, 3.05) is 6.54 Å². The highest BCUT2D eigenvalue weighted by molar-refractivity contribution is 8.03. The van der Waals surface area contributed by atoms with E-state index in [0.29, 0.717) is 12.3 Å². The second kappa shape index (κ2) is 8.89. The molecular weight excluding hydrogens is 368 g/mol. The minimum Gasteiger partial charge on any atom is -0.350 e. The molecule has 2 atom stereocenters. The zero-order valence-electron chi connectivity index (χ0n) is 17.9. The molecule has 5 heteroatoms. The first-order chi connectivity index (χ1) is 13.3. The van der Waals surface area contributed by atoms with Gasteiger partial charge in [-0.3, -0.25) is 4.79 Å². The van der Waals surface area contributed by atoms with Gasteiger partial charge >= 0.3 is 0 Å². The number of aryl methyl sites for hydroxylation is 1. The first-order valence-electron chi connectivity index (χ1n) is 10.5. The molecule has 0 spiro atoms. The van der Waals surface area contributed by atoms with Gasteiger partial charge in [-0.05, 0) is 76.0 Å². The predicted octanol–water partition coefficient (Wildman–Crippen LogP) is 6.14. The van der Waals surface area contributed by atoms with Crippen LogP contribution in [0.1, 0.15) is 76.0 Å². The molecule has 1 amide bonds. The lowest BCUT2D eigenvalue weighted by molar-refractivity contribution is 0.0443. The Kier molecular flexibility index (Phi) is 6.74. The van der Waals surface area contributed by atoms with E-state index in [1.54, 1.807) is 0 Å². The molecule has 2 saturated carbocycles. The fourth-order valence-electron chi connectivity index (χ4n) is 5.32. The highest BCUT2D eigenvalue weighted by Crippen LogP contribution is 2.50. The van der Waals surface area contributed by atoms with Crippen molar-refractivity contribution in [3.63, 3.8) is 0 Å². The van der Waals surface area contributed by atoms with Crippen molar-refractivity contribution in [3.8, 4) is 0 Å². The zero-order chi connectivity index (χ0) is 20.3. The molecule has 0 saturated heterocycles. The molecule has 2 unspecified atom stereocenters. The molecule has 2 bridgehead atoms. The second-order valence-electron chi connectivity index (χ2n) is 9.17. The molecule has 1 N–H and O–H groups in total. The van der Waals surface area contributed by atoms with E-state index in [9.17, 15) is 4.79 Å². The summed E-state index contributed by atoms with van der Waals surface area (Å²) in [7, 11) is 0. The van der Waals surface area contributed by atoms with E-state index in [1.807, 2.05) is 39.0 Å². The van der Waals surface area contributed by atoms with Crippen LogP contribution in [0.25, 0.3) is 0 Å². The van der Waals surface area contributed by atoms with Crippen LogP contribution in [-0.4, -0.2) is 17.6 Å². The Morgan fingerprint density at radius 3 is 2.57 bits per heavy atom. The second-order valence-corrected chi connectivity index (χ2v) is 10.2. The van der Waals surface area contributed by atoms with E-state index in [2.05, 4.69) is 24.3 Å². The maximum absolute atomic E-state index is 12.9. The number of rotatable bonds is 6. The summed E-state index contributed by atoms with van der Waals surface area (Å²) < 4.78 is 5.41. The molecule has 28 heavy (non-hydrogen) atoms. The van der Waals surface area contributed by atoms with Crippen molar-refractivity contribution >= 4 is 17.7 Å². The van der Waals surface area contributed by atoms with Crippen LogP contribution in [-0.2, 0) is 0 Å². The zero-order valence-corrected chi connectivity index (χ0v) is 18.7. The van der Waals surface area contributed by atoms with Gasteiger partial charge in [0.05, 0.1) is 10.6 Å². The molecular formula is C23H34N2O2S. The lowest BCUT2D eigenvalue weighted by Gasteiger charge is -2.47. The molecule has 3 rings (SSSR count). The van der Waals surface area contributed by atoms with Gasteiger partial charge in [0.15, 0.2) is 0 Å². The van der Waals surface area contributed by atoms with Crippen molar-refractivity contribution in [2.24, 2.45) is 23.2 Å². The topological polar surface area (TPSA) is 55.1 Å². The number of nitrogens with zero attached hydrogens (tertiary/aromatic N) is 1. The van der Waals surface area contributed by atoms with Crippen LogP contribution in [0, 0.1) is 30.1 Å². The van der Waals surface area contributed by atoms with Crippen LogP contribution < -0.4 is 5.32 Å². The van der Waals surface area contributed by atoms with Gasteiger partial charge in [0.1, 0.15) is 0 Å². The Bertz CT molecular complexity index is 747. The van der Waals surface area contributed by atoms with E-state index in [-0.39, 0.29) is 11.3 Å². The molecule has 1 aromatic rings. The number of fused-ring (bicyclic) bond motifs is 2. The molecule has 2 fully saturated rings. The minimum atomic E-state index is -0.149. The van der Waals surface area contributed by atoms with Gasteiger partial charge in [-0.1, -0.05) is 49.0 Å². The number of nitrogens with one attached hydrogen (secondary N) is 1. The normalized spacial score (nSPS) is 30.6. The third kappa shape index (κ3) is 4.91.